The summed E-state index contributed by atoms with van der Waals surface area (Å²) in [6, 6.07) is 12.4. The molecule has 0 atom stereocenters. The number of carbonyl (C=O) groups excluding carboxylic acids is 3. The van der Waals surface area contributed by atoms with Crippen molar-refractivity contribution in [2.24, 2.45) is 5.41 Å². The third-order valence-electron chi connectivity index (χ3n) is 4.76. The summed E-state index contributed by atoms with van der Waals surface area (Å²) in [6.07, 6.45) is 0. The zero-order chi connectivity index (χ0) is 27.6. The molecule has 0 fully saturated rings. The van der Waals surface area contributed by atoms with Crippen LogP contribution in [0.15, 0.2) is 66.8 Å². The molecule has 37 heavy (non-hydrogen) atoms. The van der Waals surface area contributed by atoms with Crippen molar-refractivity contribution in [3.05, 3.63) is 66.8 Å². The fourth-order valence-electron chi connectivity index (χ4n) is 2.71. The van der Waals surface area contributed by atoms with Crippen LogP contribution in [0.1, 0.15) is 34.6 Å². The average molecular weight is 511 g/mol. The summed E-state index contributed by atoms with van der Waals surface area (Å²) in [6.45, 7) is 15.9. The second kappa shape index (κ2) is 13.3. The minimum atomic E-state index is -0.617. The topological polar surface area (TPSA) is 97.4 Å². The van der Waals surface area contributed by atoms with E-state index < -0.39 is 17.4 Å². The molecule has 0 amide bonds. The van der Waals surface area contributed by atoms with Gasteiger partial charge in [-0.05, 0) is 70.0 Å². The SMILES string of the molecule is C=C(C)C(=O)OCCOc1cc(OCCOC(=O)C(=C)C)cc(-c2ccc(OC(=O)C(C)(C)C)cc2)c1. The summed E-state index contributed by atoms with van der Waals surface area (Å²) in [5.41, 5.74) is 1.60. The predicted molar refractivity (Wildman–Crippen MR) is 140 cm³/mol. The summed E-state index contributed by atoms with van der Waals surface area (Å²) >= 11 is 0. The maximum absolute atomic E-state index is 12.2. The Kier molecular flexibility index (Phi) is 10.5. The first kappa shape index (κ1) is 29.2. The Hall–Kier alpha value is -4.07. The molecule has 0 saturated carbocycles. The van der Waals surface area contributed by atoms with Crippen LogP contribution < -0.4 is 14.2 Å². The molecule has 0 aliphatic rings. The van der Waals surface area contributed by atoms with Crippen molar-refractivity contribution < 1.29 is 38.1 Å². The second-order valence-electron chi connectivity index (χ2n) is 9.39. The second-order valence-corrected chi connectivity index (χ2v) is 9.39. The molecule has 198 valence electrons. The number of hydrogen-bond acceptors (Lipinski definition) is 8. The van der Waals surface area contributed by atoms with Crippen LogP contribution in [0.25, 0.3) is 11.1 Å². The normalized spacial score (nSPS) is 10.7. The van der Waals surface area contributed by atoms with Crippen molar-refractivity contribution in [1.82, 2.24) is 0 Å². The lowest BCUT2D eigenvalue weighted by molar-refractivity contribution is -0.143. The number of ether oxygens (including phenoxy) is 5. The molecule has 8 nitrogen and oxygen atoms in total. The Bertz CT molecular complexity index is 1090. The van der Waals surface area contributed by atoms with Gasteiger partial charge in [-0.15, -0.1) is 0 Å². The molecule has 0 heterocycles. The standard InChI is InChI=1S/C29H34O8/c1-19(2)26(30)35-14-12-33-24-16-22(17-25(18-24)34-13-15-36-27(31)20(3)4)21-8-10-23(11-9-21)37-28(32)29(5,6)7/h8-11,16-18H,1,3,12-15H2,2,4-7H3. The van der Waals surface area contributed by atoms with Gasteiger partial charge in [-0.2, -0.15) is 0 Å². The number of esters is 3. The van der Waals surface area contributed by atoms with Crippen LogP contribution in [0.3, 0.4) is 0 Å². The van der Waals surface area contributed by atoms with Crippen molar-refractivity contribution in [3.63, 3.8) is 0 Å². The quantitative estimate of drug-likeness (QED) is 0.164. The van der Waals surface area contributed by atoms with Crippen LogP contribution in [0.4, 0.5) is 0 Å². The average Bonchev–Trinajstić information content (AvgIpc) is 2.83. The van der Waals surface area contributed by atoms with E-state index in [0.29, 0.717) is 28.4 Å². The van der Waals surface area contributed by atoms with E-state index in [4.69, 9.17) is 23.7 Å². The highest BCUT2D eigenvalue weighted by Crippen LogP contribution is 2.31. The van der Waals surface area contributed by atoms with Gasteiger partial charge >= 0.3 is 17.9 Å². The van der Waals surface area contributed by atoms with Gasteiger partial charge < -0.3 is 23.7 Å². The fraction of sp³-hybridized carbons (Fsp3) is 0.345. The summed E-state index contributed by atoms with van der Waals surface area (Å²) in [7, 11) is 0. The van der Waals surface area contributed by atoms with E-state index in [2.05, 4.69) is 13.2 Å². The highest BCUT2D eigenvalue weighted by Gasteiger charge is 2.23. The van der Waals surface area contributed by atoms with Crippen LogP contribution in [-0.2, 0) is 23.9 Å². The zero-order valence-corrected chi connectivity index (χ0v) is 22.1. The highest BCUT2D eigenvalue weighted by atomic mass is 16.6. The number of rotatable bonds is 12. The van der Waals surface area contributed by atoms with E-state index in [9.17, 15) is 14.4 Å². The van der Waals surface area contributed by atoms with Gasteiger partial charge in [0.15, 0.2) is 0 Å². The van der Waals surface area contributed by atoms with Crippen molar-refractivity contribution in [3.8, 4) is 28.4 Å². The minimum Gasteiger partial charge on any atom is -0.490 e. The van der Waals surface area contributed by atoms with Crippen LogP contribution in [0.2, 0.25) is 0 Å². The monoisotopic (exact) mass is 510 g/mol. The van der Waals surface area contributed by atoms with Crippen LogP contribution >= 0.6 is 0 Å². The van der Waals surface area contributed by atoms with E-state index in [0.717, 1.165) is 11.1 Å². The molecule has 8 heteroatoms. The molecule has 0 N–H and O–H groups in total. The largest absolute Gasteiger partial charge is 0.490 e. The summed E-state index contributed by atoms with van der Waals surface area (Å²) in [5, 5.41) is 0. The molecule has 2 aromatic carbocycles. The van der Waals surface area contributed by atoms with E-state index in [1.54, 1.807) is 52.8 Å². The molecule has 0 bridgehead atoms. The number of hydrogen-bond donors (Lipinski definition) is 0. The minimum absolute atomic E-state index is 0.0524. The molecule has 0 unspecified atom stereocenters. The van der Waals surface area contributed by atoms with Crippen LogP contribution in [0.5, 0.6) is 17.2 Å². The summed E-state index contributed by atoms with van der Waals surface area (Å²) in [4.78, 5) is 35.3. The third-order valence-corrected chi connectivity index (χ3v) is 4.76. The zero-order valence-electron chi connectivity index (χ0n) is 22.1. The van der Waals surface area contributed by atoms with Gasteiger partial charge in [-0.3, -0.25) is 4.79 Å². The Morgan fingerprint density at radius 2 is 1.14 bits per heavy atom. The smallest absolute Gasteiger partial charge is 0.333 e. The van der Waals surface area contributed by atoms with Crippen LogP contribution in [0, 0.1) is 5.41 Å². The van der Waals surface area contributed by atoms with Gasteiger partial charge in [0.05, 0.1) is 5.41 Å². The Morgan fingerprint density at radius 3 is 1.54 bits per heavy atom. The fourth-order valence-corrected chi connectivity index (χ4v) is 2.71. The maximum atomic E-state index is 12.2. The van der Waals surface area contributed by atoms with Gasteiger partial charge in [-0.1, -0.05) is 25.3 Å². The van der Waals surface area contributed by atoms with E-state index in [1.165, 1.54) is 0 Å². The lowest BCUT2D eigenvalue weighted by Gasteiger charge is -2.16. The molecule has 2 rings (SSSR count). The Labute approximate surface area is 217 Å². The molecule has 0 radical (unpaired) electrons. The predicted octanol–water partition coefficient (Wildman–Crippen LogP) is 5.30. The Morgan fingerprint density at radius 1 is 0.676 bits per heavy atom. The number of benzene rings is 2. The van der Waals surface area contributed by atoms with Crippen molar-refractivity contribution >= 4 is 17.9 Å². The molecule has 0 aliphatic carbocycles. The molecule has 2 aromatic rings. The van der Waals surface area contributed by atoms with Crippen LogP contribution in [-0.4, -0.2) is 44.3 Å². The maximum Gasteiger partial charge on any atom is 0.333 e. The molecule has 0 aliphatic heterocycles. The Balaban J connectivity index is 2.16. The van der Waals surface area contributed by atoms with Gasteiger partial charge in [0.25, 0.3) is 0 Å². The van der Waals surface area contributed by atoms with Gasteiger partial charge in [0, 0.05) is 17.2 Å². The number of carbonyl (C=O) groups is 3. The lowest BCUT2D eigenvalue weighted by Crippen LogP contribution is -2.25. The van der Waals surface area contributed by atoms with Gasteiger partial charge in [-0.25, -0.2) is 9.59 Å². The summed E-state index contributed by atoms with van der Waals surface area (Å²) < 4.78 is 27.1. The first-order chi connectivity index (χ1) is 17.4. The van der Waals surface area contributed by atoms with Crippen molar-refractivity contribution in [1.29, 1.82) is 0 Å². The summed E-state index contributed by atoms with van der Waals surface area (Å²) in [5.74, 6) is 0.107. The van der Waals surface area contributed by atoms with Crippen molar-refractivity contribution in [2.75, 3.05) is 26.4 Å². The van der Waals surface area contributed by atoms with E-state index >= 15 is 0 Å². The first-order valence-corrected chi connectivity index (χ1v) is 11.8. The van der Waals surface area contributed by atoms with Crippen molar-refractivity contribution in [2.45, 2.75) is 34.6 Å². The van der Waals surface area contributed by atoms with Gasteiger partial charge in [0.1, 0.15) is 43.7 Å². The van der Waals surface area contributed by atoms with E-state index in [-0.39, 0.29) is 32.4 Å². The van der Waals surface area contributed by atoms with E-state index in [1.807, 2.05) is 24.3 Å². The highest BCUT2D eigenvalue weighted by molar-refractivity contribution is 5.87. The lowest BCUT2D eigenvalue weighted by atomic mass is 9.97. The molecule has 0 spiro atoms. The molecule has 0 aromatic heterocycles. The molecular weight excluding hydrogens is 476 g/mol. The molecule has 0 saturated heterocycles. The molecular formula is C29H34O8. The first-order valence-electron chi connectivity index (χ1n) is 11.8. The third kappa shape index (κ3) is 9.83. The van der Waals surface area contributed by atoms with Gasteiger partial charge in [0.2, 0.25) is 0 Å².